The van der Waals surface area contributed by atoms with Crippen LogP contribution in [-0.2, 0) is 17.4 Å². The first-order valence-electron chi connectivity index (χ1n) is 12.8. The second-order valence-corrected chi connectivity index (χ2v) is 9.85. The van der Waals surface area contributed by atoms with Crippen LogP contribution in [0.3, 0.4) is 0 Å². The van der Waals surface area contributed by atoms with Crippen molar-refractivity contribution in [2.45, 2.75) is 37.8 Å². The monoisotopic (exact) mass is 594 g/mol. The molecule has 1 heterocycles. The summed E-state index contributed by atoms with van der Waals surface area (Å²) < 4.78 is 57.2. The van der Waals surface area contributed by atoms with Crippen LogP contribution in [-0.4, -0.2) is 49.8 Å². The Morgan fingerprint density at radius 2 is 1.80 bits per heavy atom. The largest absolute Gasteiger partial charge is 0.497 e. The molecule has 3 aromatic carbocycles. The molecule has 1 amide bonds. The summed E-state index contributed by atoms with van der Waals surface area (Å²) in [6.07, 6.45) is -5.08. The van der Waals surface area contributed by atoms with Crippen molar-refractivity contribution in [3.8, 4) is 17.2 Å². The van der Waals surface area contributed by atoms with Gasteiger partial charge < -0.3 is 34.6 Å². The van der Waals surface area contributed by atoms with Crippen molar-refractivity contribution >= 4 is 28.9 Å². The summed E-state index contributed by atoms with van der Waals surface area (Å²) in [7, 11) is 2.90. The Balaban J connectivity index is 1.71. The molecule has 1 aliphatic heterocycles. The number of halogens is 4. The lowest BCUT2D eigenvalue weighted by Gasteiger charge is -2.27. The highest BCUT2D eigenvalue weighted by Crippen LogP contribution is 2.39. The summed E-state index contributed by atoms with van der Waals surface area (Å²) in [5, 5.41) is 21.7. The maximum atomic E-state index is 14.1. The number of methoxy groups -OCH3 is 2. The third kappa shape index (κ3) is 7.35. The number of carbonyl (C=O) groups excluding carboxylic acids is 1. The number of amides is 1. The molecule has 0 radical (unpaired) electrons. The first kappa shape index (κ1) is 30.3. The number of rotatable bonds is 11. The van der Waals surface area contributed by atoms with Gasteiger partial charge in [-0.3, -0.25) is 4.79 Å². The summed E-state index contributed by atoms with van der Waals surface area (Å²) in [5.74, 6) is 0.636. The fourth-order valence-electron chi connectivity index (χ4n) is 4.62. The zero-order valence-electron chi connectivity index (χ0n) is 22.4. The van der Waals surface area contributed by atoms with Crippen LogP contribution >= 0.6 is 11.6 Å². The van der Waals surface area contributed by atoms with E-state index in [1.807, 2.05) is 0 Å². The molecule has 0 saturated heterocycles. The molecular formula is C29H30ClF3N2O6. The molecule has 0 aromatic heterocycles. The maximum absolute atomic E-state index is 14.1. The topological polar surface area (TPSA) is 100 Å². The average molecular weight is 595 g/mol. The molecule has 1 aliphatic rings. The van der Waals surface area contributed by atoms with Crippen molar-refractivity contribution in [1.82, 2.24) is 0 Å². The fraction of sp³-hybridized carbons (Fsp3) is 0.345. The molecule has 220 valence electrons. The van der Waals surface area contributed by atoms with Crippen molar-refractivity contribution in [3.63, 3.8) is 0 Å². The molecule has 3 aromatic rings. The van der Waals surface area contributed by atoms with E-state index in [1.165, 1.54) is 25.2 Å². The highest BCUT2D eigenvalue weighted by molar-refractivity contribution is 6.30. The number of hydrogen-bond acceptors (Lipinski definition) is 7. The molecule has 0 saturated carbocycles. The molecule has 3 N–H and O–H groups in total. The standard InChI is InChI=1S/C29H30ClF3N2O6/c1-39-21-14-20(15-22(16-21)41-11-3-4-26(36)37)34-27(23-8-7-19(30)13-25(23)40-2)28(38)35-10-9-17-5-6-18(12-24(17)35)29(31,32)33/h5-8,12-16,26-27,34,36-37H,3-4,9-11H2,1-2H3. The maximum Gasteiger partial charge on any atom is 0.416 e. The van der Waals surface area contributed by atoms with E-state index in [-0.39, 0.29) is 25.3 Å². The number of aliphatic hydroxyl groups is 2. The first-order chi connectivity index (χ1) is 19.5. The molecule has 4 rings (SSSR count). The number of alkyl halides is 3. The molecule has 0 fully saturated rings. The average Bonchev–Trinajstić information content (AvgIpc) is 3.36. The van der Waals surface area contributed by atoms with Gasteiger partial charge in [-0.15, -0.1) is 0 Å². The molecule has 1 atom stereocenters. The van der Waals surface area contributed by atoms with Gasteiger partial charge in [0, 0.05) is 53.1 Å². The normalized spacial score (nSPS) is 13.6. The van der Waals surface area contributed by atoms with Gasteiger partial charge in [-0.2, -0.15) is 13.2 Å². The lowest BCUT2D eigenvalue weighted by molar-refractivity contribution is -0.137. The van der Waals surface area contributed by atoms with Gasteiger partial charge in [-0.25, -0.2) is 0 Å². The van der Waals surface area contributed by atoms with E-state index in [2.05, 4.69) is 5.32 Å². The van der Waals surface area contributed by atoms with Crippen LogP contribution in [0, 0.1) is 0 Å². The summed E-state index contributed by atoms with van der Waals surface area (Å²) in [4.78, 5) is 15.5. The minimum absolute atomic E-state index is 0.134. The highest BCUT2D eigenvalue weighted by atomic mass is 35.5. The Hall–Kier alpha value is -3.67. The van der Waals surface area contributed by atoms with Gasteiger partial charge in [-0.1, -0.05) is 23.7 Å². The van der Waals surface area contributed by atoms with Crippen LogP contribution in [0.2, 0.25) is 5.02 Å². The van der Waals surface area contributed by atoms with Crippen LogP contribution in [0.15, 0.2) is 54.6 Å². The molecule has 0 aliphatic carbocycles. The Bertz CT molecular complexity index is 1390. The van der Waals surface area contributed by atoms with Gasteiger partial charge in [0.15, 0.2) is 6.29 Å². The number of anilines is 2. The van der Waals surface area contributed by atoms with Crippen LogP contribution in [0.25, 0.3) is 0 Å². The van der Waals surface area contributed by atoms with Crippen molar-refractivity contribution in [1.29, 1.82) is 0 Å². The van der Waals surface area contributed by atoms with Gasteiger partial charge in [0.05, 0.1) is 26.4 Å². The van der Waals surface area contributed by atoms with Crippen LogP contribution in [0.4, 0.5) is 24.5 Å². The third-order valence-corrected chi connectivity index (χ3v) is 6.86. The van der Waals surface area contributed by atoms with Crippen molar-refractivity contribution in [2.24, 2.45) is 0 Å². The summed E-state index contributed by atoms with van der Waals surface area (Å²) in [6.45, 7) is 0.399. The number of ether oxygens (including phenoxy) is 3. The van der Waals surface area contributed by atoms with Gasteiger partial charge in [0.1, 0.15) is 23.3 Å². The fourth-order valence-corrected chi connectivity index (χ4v) is 4.78. The number of carbonyl (C=O) groups is 1. The summed E-state index contributed by atoms with van der Waals surface area (Å²) in [5.41, 5.74) is 0.848. The lowest BCUT2D eigenvalue weighted by atomic mass is 10.0. The predicted molar refractivity (Wildman–Crippen MR) is 148 cm³/mol. The Labute approximate surface area is 240 Å². The van der Waals surface area contributed by atoms with Gasteiger partial charge >= 0.3 is 6.18 Å². The lowest BCUT2D eigenvalue weighted by Crippen LogP contribution is -2.37. The zero-order chi connectivity index (χ0) is 29.7. The van der Waals surface area contributed by atoms with Gasteiger partial charge in [-0.05, 0) is 42.7 Å². The van der Waals surface area contributed by atoms with E-state index in [0.717, 1.165) is 12.1 Å². The Morgan fingerprint density at radius 3 is 2.49 bits per heavy atom. The minimum Gasteiger partial charge on any atom is -0.497 e. The number of hydrogen-bond donors (Lipinski definition) is 3. The quantitative estimate of drug-likeness (QED) is 0.197. The van der Waals surface area contributed by atoms with E-state index in [4.69, 9.17) is 36.0 Å². The number of nitrogens with zero attached hydrogens (tertiary/aromatic N) is 1. The second kappa shape index (κ2) is 12.9. The molecular weight excluding hydrogens is 565 g/mol. The molecule has 1 unspecified atom stereocenters. The van der Waals surface area contributed by atoms with Crippen LogP contribution in [0.5, 0.6) is 17.2 Å². The van der Waals surface area contributed by atoms with Crippen molar-refractivity contribution in [3.05, 3.63) is 76.3 Å². The predicted octanol–water partition coefficient (Wildman–Crippen LogP) is 5.59. The van der Waals surface area contributed by atoms with Crippen molar-refractivity contribution in [2.75, 3.05) is 37.6 Å². The van der Waals surface area contributed by atoms with Gasteiger partial charge in [0.25, 0.3) is 5.91 Å². The zero-order valence-corrected chi connectivity index (χ0v) is 23.1. The molecule has 41 heavy (non-hydrogen) atoms. The van der Waals surface area contributed by atoms with E-state index in [1.54, 1.807) is 36.4 Å². The van der Waals surface area contributed by atoms with Crippen LogP contribution in [0.1, 0.15) is 35.6 Å². The van der Waals surface area contributed by atoms with E-state index in [9.17, 15) is 18.0 Å². The van der Waals surface area contributed by atoms with E-state index in [0.29, 0.717) is 51.9 Å². The number of nitrogens with one attached hydrogen (secondary N) is 1. The van der Waals surface area contributed by atoms with Crippen molar-refractivity contribution < 1.29 is 42.4 Å². The van der Waals surface area contributed by atoms with E-state index < -0.39 is 30.0 Å². The minimum atomic E-state index is -4.56. The molecule has 0 spiro atoms. The van der Waals surface area contributed by atoms with Gasteiger partial charge in [0.2, 0.25) is 0 Å². The van der Waals surface area contributed by atoms with Crippen LogP contribution < -0.4 is 24.4 Å². The molecule has 12 heteroatoms. The first-order valence-corrected chi connectivity index (χ1v) is 13.2. The number of aliphatic hydroxyl groups excluding tert-OH is 1. The highest BCUT2D eigenvalue weighted by Gasteiger charge is 2.36. The molecule has 8 nitrogen and oxygen atoms in total. The molecule has 0 bridgehead atoms. The third-order valence-electron chi connectivity index (χ3n) is 6.63. The summed E-state index contributed by atoms with van der Waals surface area (Å²) >= 11 is 6.17. The smallest absolute Gasteiger partial charge is 0.416 e. The number of benzene rings is 3. The number of fused-ring (bicyclic) bond motifs is 1. The summed E-state index contributed by atoms with van der Waals surface area (Å²) in [6, 6.07) is 12.0. The second-order valence-electron chi connectivity index (χ2n) is 9.41. The Kier molecular flexibility index (Phi) is 9.52. The SMILES string of the molecule is COc1cc(NC(C(=O)N2CCc3ccc(C(F)(F)F)cc32)c2ccc(Cl)cc2OC)cc(OCCCC(O)O)c1. The Morgan fingerprint density at radius 1 is 1.05 bits per heavy atom. The van der Waals surface area contributed by atoms with E-state index >= 15 is 0 Å².